The van der Waals surface area contributed by atoms with E-state index in [1.165, 1.54) is 366 Å². The second-order valence-electron chi connectivity index (χ2n) is 27.0. The SMILES string of the molecule is CCCCCCCCCCCCCCCCCCCC/C=C/C(O)C(CO)NC(=O)CCCCCCCCCCCCCCCCCCC/C=C\C/C=C\CCCCCCCCCCCOC(=O)CCCCCCCCCCCCCCCCCC. The molecule has 1 amide bonds. The number of carbonyl (C=O) groups is 2. The predicted octanol–water partition coefficient (Wildman–Crippen LogP) is 25.8. The Morgan fingerprint density at radius 1 is 0.326 bits per heavy atom. The van der Waals surface area contributed by atoms with Crippen molar-refractivity contribution in [1.29, 1.82) is 0 Å². The second-order valence-corrected chi connectivity index (χ2v) is 27.0. The van der Waals surface area contributed by atoms with Crippen molar-refractivity contribution in [2.75, 3.05) is 13.2 Å². The van der Waals surface area contributed by atoms with Crippen LogP contribution < -0.4 is 5.32 Å². The summed E-state index contributed by atoms with van der Waals surface area (Å²) in [6, 6.07) is -0.628. The number of aliphatic hydroxyl groups excluding tert-OH is 2. The molecule has 0 bridgehead atoms. The first kappa shape index (κ1) is 84.1. The molecule has 3 N–H and O–H groups in total. The van der Waals surface area contributed by atoms with Crippen LogP contribution in [-0.2, 0) is 14.3 Å². The van der Waals surface area contributed by atoms with Crippen LogP contribution in [0.2, 0.25) is 0 Å². The van der Waals surface area contributed by atoms with Gasteiger partial charge in [-0.15, -0.1) is 0 Å². The number of carbonyl (C=O) groups excluding carboxylic acids is 2. The number of rotatable bonds is 74. The number of esters is 1. The number of amides is 1. The Morgan fingerprint density at radius 2 is 0.581 bits per heavy atom. The zero-order valence-corrected chi connectivity index (χ0v) is 58.3. The first-order valence-corrected chi connectivity index (χ1v) is 39.3. The zero-order valence-electron chi connectivity index (χ0n) is 58.3. The Bertz CT molecular complexity index is 1390. The molecule has 0 aromatic heterocycles. The van der Waals surface area contributed by atoms with E-state index >= 15 is 0 Å². The molecule has 0 aromatic rings. The smallest absolute Gasteiger partial charge is 0.305 e. The van der Waals surface area contributed by atoms with Crippen molar-refractivity contribution in [2.24, 2.45) is 0 Å². The lowest BCUT2D eigenvalue weighted by Crippen LogP contribution is -2.45. The Hall–Kier alpha value is -1.92. The minimum atomic E-state index is -0.844. The van der Waals surface area contributed by atoms with E-state index in [9.17, 15) is 19.8 Å². The summed E-state index contributed by atoms with van der Waals surface area (Å²) in [6.07, 6.45) is 98.3. The van der Waals surface area contributed by atoms with Crippen molar-refractivity contribution < 1.29 is 24.5 Å². The summed E-state index contributed by atoms with van der Waals surface area (Å²) < 4.78 is 5.50. The van der Waals surface area contributed by atoms with Gasteiger partial charge < -0.3 is 20.3 Å². The number of ether oxygens (including phenoxy) is 1. The number of hydrogen-bond donors (Lipinski definition) is 3. The van der Waals surface area contributed by atoms with Gasteiger partial charge in [-0.2, -0.15) is 0 Å². The molecule has 6 heteroatoms. The number of hydrogen-bond acceptors (Lipinski definition) is 5. The van der Waals surface area contributed by atoms with Crippen LogP contribution in [0.1, 0.15) is 438 Å². The molecule has 0 saturated heterocycles. The fraction of sp³-hybridized carbons (Fsp3) is 0.900. The molecule has 86 heavy (non-hydrogen) atoms. The van der Waals surface area contributed by atoms with E-state index in [-0.39, 0.29) is 18.5 Å². The topological polar surface area (TPSA) is 95.9 Å². The Balaban J connectivity index is 3.39. The third-order valence-corrected chi connectivity index (χ3v) is 18.4. The van der Waals surface area contributed by atoms with Gasteiger partial charge in [0.25, 0.3) is 0 Å². The van der Waals surface area contributed by atoms with Crippen LogP contribution in [0, 0.1) is 0 Å². The normalized spacial score (nSPS) is 12.7. The zero-order chi connectivity index (χ0) is 62.0. The highest BCUT2D eigenvalue weighted by Crippen LogP contribution is 2.19. The molecule has 0 spiro atoms. The lowest BCUT2D eigenvalue weighted by atomic mass is 10.0. The molecule has 0 aliphatic rings. The van der Waals surface area contributed by atoms with Crippen LogP contribution in [0.25, 0.3) is 0 Å². The van der Waals surface area contributed by atoms with Gasteiger partial charge in [0.05, 0.1) is 25.4 Å². The highest BCUT2D eigenvalue weighted by Gasteiger charge is 2.18. The van der Waals surface area contributed by atoms with Crippen LogP contribution in [0.4, 0.5) is 0 Å². The molecule has 0 fully saturated rings. The van der Waals surface area contributed by atoms with E-state index in [2.05, 4.69) is 43.5 Å². The number of allylic oxidation sites excluding steroid dienone is 5. The fourth-order valence-electron chi connectivity index (χ4n) is 12.4. The number of unbranched alkanes of at least 4 members (excludes halogenated alkanes) is 59. The van der Waals surface area contributed by atoms with Gasteiger partial charge in [0.15, 0.2) is 0 Å². The van der Waals surface area contributed by atoms with E-state index in [1.807, 2.05) is 6.08 Å². The first-order valence-electron chi connectivity index (χ1n) is 39.3. The van der Waals surface area contributed by atoms with E-state index in [0.29, 0.717) is 19.4 Å². The third-order valence-electron chi connectivity index (χ3n) is 18.4. The highest BCUT2D eigenvalue weighted by molar-refractivity contribution is 5.76. The van der Waals surface area contributed by atoms with Gasteiger partial charge in [0.2, 0.25) is 5.91 Å². The largest absolute Gasteiger partial charge is 0.466 e. The maximum Gasteiger partial charge on any atom is 0.305 e. The molecule has 6 nitrogen and oxygen atoms in total. The van der Waals surface area contributed by atoms with Gasteiger partial charge in [-0.05, 0) is 64.2 Å². The fourth-order valence-corrected chi connectivity index (χ4v) is 12.4. The van der Waals surface area contributed by atoms with Gasteiger partial charge in [0, 0.05) is 12.8 Å². The molecule has 0 rings (SSSR count). The molecule has 2 unspecified atom stereocenters. The molecule has 2 atom stereocenters. The summed E-state index contributed by atoms with van der Waals surface area (Å²) in [4.78, 5) is 24.6. The number of nitrogens with one attached hydrogen (secondary N) is 1. The van der Waals surface area contributed by atoms with Gasteiger partial charge in [-0.3, -0.25) is 9.59 Å². The van der Waals surface area contributed by atoms with Crippen LogP contribution in [0.15, 0.2) is 36.5 Å². The summed E-state index contributed by atoms with van der Waals surface area (Å²) in [7, 11) is 0. The monoisotopic (exact) mass is 1210 g/mol. The minimum Gasteiger partial charge on any atom is -0.466 e. The maximum atomic E-state index is 12.5. The average Bonchev–Trinajstić information content (AvgIpc) is 3.61. The van der Waals surface area contributed by atoms with Crippen LogP contribution in [0.3, 0.4) is 0 Å². The molecule has 508 valence electrons. The van der Waals surface area contributed by atoms with Crippen molar-refractivity contribution in [1.82, 2.24) is 5.32 Å². The van der Waals surface area contributed by atoms with E-state index in [4.69, 9.17) is 4.74 Å². The highest BCUT2D eigenvalue weighted by atomic mass is 16.5. The molecule has 0 saturated carbocycles. The molecule has 0 radical (unpaired) electrons. The molecule has 0 aliphatic carbocycles. The van der Waals surface area contributed by atoms with Gasteiger partial charge in [-0.1, -0.05) is 397 Å². The Morgan fingerprint density at radius 3 is 0.884 bits per heavy atom. The Labute approximate surface area is 538 Å². The molecule has 0 heterocycles. The average molecular weight is 1210 g/mol. The summed E-state index contributed by atoms with van der Waals surface area (Å²) >= 11 is 0. The molecular formula is C80H153NO5. The molecule has 0 aliphatic heterocycles. The van der Waals surface area contributed by atoms with Gasteiger partial charge >= 0.3 is 5.97 Å². The van der Waals surface area contributed by atoms with Gasteiger partial charge in [-0.25, -0.2) is 0 Å². The van der Waals surface area contributed by atoms with E-state index < -0.39 is 12.1 Å². The van der Waals surface area contributed by atoms with Gasteiger partial charge in [0.1, 0.15) is 0 Å². The summed E-state index contributed by atoms with van der Waals surface area (Å²) in [5.41, 5.74) is 0. The lowest BCUT2D eigenvalue weighted by Gasteiger charge is -2.20. The van der Waals surface area contributed by atoms with Crippen molar-refractivity contribution in [3.05, 3.63) is 36.5 Å². The van der Waals surface area contributed by atoms with E-state index in [1.54, 1.807) is 6.08 Å². The lowest BCUT2D eigenvalue weighted by molar-refractivity contribution is -0.143. The maximum absolute atomic E-state index is 12.5. The van der Waals surface area contributed by atoms with Crippen LogP contribution >= 0.6 is 0 Å². The van der Waals surface area contributed by atoms with Crippen molar-refractivity contribution in [3.8, 4) is 0 Å². The van der Waals surface area contributed by atoms with Crippen molar-refractivity contribution in [2.45, 2.75) is 450 Å². The first-order chi connectivity index (χ1) is 42.5. The minimum absolute atomic E-state index is 0.0181. The predicted molar refractivity (Wildman–Crippen MR) is 379 cm³/mol. The second kappa shape index (κ2) is 75.5. The quantitative estimate of drug-likeness (QED) is 0.0320. The van der Waals surface area contributed by atoms with Crippen molar-refractivity contribution in [3.63, 3.8) is 0 Å². The van der Waals surface area contributed by atoms with E-state index in [0.717, 1.165) is 44.9 Å². The van der Waals surface area contributed by atoms with Crippen LogP contribution in [0.5, 0.6) is 0 Å². The van der Waals surface area contributed by atoms with Crippen molar-refractivity contribution >= 4 is 11.9 Å². The Kier molecular flexibility index (Phi) is 73.9. The number of aliphatic hydroxyl groups is 2. The third kappa shape index (κ3) is 71.2. The summed E-state index contributed by atoms with van der Waals surface area (Å²) in [5, 5.41) is 23.3. The summed E-state index contributed by atoms with van der Waals surface area (Å²) in [6.45, 7) is 4.95. The van der Waals surface area contributed by atoms with Crippen LogP contribution in [-0.4, -0.2) is 47.4 Å². The molecule has 0 aromatic carbocycles. The molecular weight excluding hydrogens is 1050 g/mol. The standard InChI is InChI=1S/C80H153NO5/c1-3-5-7-9-11-13-15-17-19-21-22-38-41-44-48-52-56-60-64-68-72-78(83)77(76-82)81-79(84)73-69-65-61-57-53-49-45-42-39-36-34-32-30-28-26-24-23-25-27-29-31-33-35-37-40-43-47-51-55-59-63-67-71-75-86-80(85)74-70-66-62-58-54-50-46-20-18-16-14-12-10-8-6-4-2/h27,29,33,35,68,72,77-78,82-83H,3-26,28,30-32,34,36-67,69-71,73-76H2,1-2H3,(H,81,84)/b29-27-,35-33-,72-68+. The summed E-state index contributed by atoms with van der Waals surface area (Å²) in [5.74, 6) is -0.0438.